The lowest BCUT2D eigenvalue weighted by molar-refractivity contribution is -0.123. The van der Waals surface area contributed by atoms with E-state index in [0.29, 0.717) is 18.9 Å². The summed E-state index contributed by atoms with van der Waals surface area (Å²) < 4.78 is 11.2. The number of rotatable bonds is 7. The molecule has 4 heteroatoms. The van der Waals surface area contributed by atoms with Crippen LogP contribution in [0, 0.1) is 13.8 Å². The smallest absolute Gasteiger partial charge is 0.258 e. The number of hydrogen-bond acceptors (Lipinski definition) is 3. The second-order valence-electron chi connectivity index (χ2n) is 7.58. The number of carbonyl (C=O) groups is 1. The Labute approximate surface area is 156 Å². The van der Waals surface area contributed by atoms with E-state index in [4.69, 9.17) is 9.47 Å². The van der Waals surface area contributed by atoms with Gasteiger partial charge in [-0.3, -0.25) is 4.79 Å². The molecule has 0 saturated carbocycles. The van der Waals surface area contributed by atoms with Crippen molar-refractivity contribution in [3.63, 3.8) is 0 Å². The molecule has 0 aliphatic heterocycles. The van der Waals surface area contributed by atoms with Crippen LogP contribution < -0.4 is 14.8 Å². The summed E-state index contributed by atoms with van der Waals surface area (Å²) in [6, 6.07) is 13.9. The largest absolute Gasteiger partial charge is 0.492 e. The van der Waals surface area contributed by atoms with Gasteiger partial charge in [0.1, 0.15) is 18.1 Å². The van der Waals surface area contributed by atoms with Crippen molar-refractivity contribution in [2.75, 3.05) is 19.8 Å². The summed E-state index contributed by atoms with van der Waals surface area (Å²) >= 11 is 0. The molecule has 0 fully saturated rings. The first kappa shape index (κ1) is 19.8. The Balaban J connectivity index is 1.69. The third-order valence-corrected chi connectivity index (χ3v) is 3.98. The first-order chi connectivity index (χ1) is 12.2. The van der Waals surface area contributed by atoms with Gasteiger partial charge in [0.25, 0.3) is 5.91 Å². The molecule has 0 atom stereocenters. The molecule has 140 valence electrons. The van der Waals surface area contributed by atoms with Gasteiger partial charge in [0.05, 0.1) is 6.54 Å². The molecule has 1 amide bonds. The van der Waals surface area contributed by atoms with Crippen molar-refractivity contribution < 1.29 is 14.3 Å². The van der Waals surface area contributed by atoms with Gasteiger partial charge in [0.15, 0.2) is 6.61 Å². The van der Waals surface area contributed by atoms with E-state index in [1.54, 1.807) is 0 Å². The highest BCUT2D eigenvalue weighted by atomic mass is 16.5. The standard InChI is InChI=1S/C22H29NO3/c1-16-12-17(2)14-20(13-16)25-11-10-23-21(24)15-26-19-8-6-18(7-9-19)22(3,4)5/h6-9,12-14H,10-11,15H2,1-5H3,(H,23,24). The van der Waals surface area contributed by atoms with E-state index >= 15 is 0 Å². The van der Waals surface area contributed by atoms with Gasteiger partial charge >= 0.3 is 0 Å². The number of amides is 1. The summed E-state index contributed by atoms with van der Waals surface area (Å²) in [6.45, 7) is 11.4. The monoisotopic (exact) mass is 355 g/mol. The molecule has 0 unspecified atom stereocenters. The second kappa shape index (κ2) is 8.75. The van der Waals surface area contributed by atoms with Gasteiger partial charge in [-0.15, -0.1) is 0 Å². The predicted molar refractivity (Wildman–Crippen MR) is 105 cm³/mol. The molecule has 0 bridgehead atoms. The van der Waals surface area contributed by atoms with Gasteiger partial charge < -0.3 is 14.8 Å². The molecule has 0 aliphatic rings. The average Bonchev–Trinajstić information content (AvgIpc) is 2.55. The van der Waals surface area contributed by atoms with Crippen molar-refractivity contribution in [1.82, 2.24) is 5.32 Å². The first-order valence-electron chi connectivity index (χ1n) is 8.95. The highest BCUT2D eigenvalue weighted by Crippen LogP contribution is 2.24. The van der Waals surface area contributed by atoms with E-state index in [1.807, 2.05) is 50.2 Å². The number of carbonyl (C=O) groups excluding carboxylic acids is 1. The third-order valence-electron chi connectivity index (χ3n) is 3.98. The molecule has 1 N–H and O–H groups in total. The molecule has 26 heavy (non-hydrogen) atoms. The zero-order valence-corrected chi connectivity index (χ0v) is 16.4. The summed E-state index contributed by atoms with van der Waals surface area (Å²) in [7, 11) is 0. The third kappa shape index (κ3) is 6.43. The Kier molecular flexibility index (Phi) is 6.67. The van der Waals surface area contributed by atoms with Crippen molar-refractivity contribution >= 4 is 5.91 Å². The van der Waals surface area contributed by atoms with Crippen LogP contribution in [-0.2, 0) is 10.2 Å². The molecule has 0 radical (unpaired) electrons. The van der Waals surface area contributed by atoms with Crippen LogP contribution in [0.3, 0.4) is 0 Å². The maximum Gasteiger partial charge on any atom is 0.258 e. The number of aryl methyl sites for hydroxylation is 2. The number of benzene rings is 2. The second-order valence-corrected chi connectivity index (χ2v) is 7.58. The normalized spacial score (nSPS) is 11.1. The Bertz CT molecular complexity index is 710. The summed E-state index contributed by atoms with van der Waals surface area (Å²) in [6.07, 6.45) is 0. The minimum atomic E-state index is -0.158. The van der Waals surface area contributed by atoms with Crippen molar-refractivity contribution in [2.45, 2.75) is 40.0 Å². The number of nitrogens with one attached hydrogen (secondary N) is 1. The van der Waals surface area contributed by atoms with Gasteiger partial charge in [-0.1, -0.05) is 39.0 Å². The lowest BCUT2D eigenvalue weighted by Crippen LogP contribution is -2.32. The molecular formula is C22H29NO3. The number of hydrogen-bond donors (Lipinski definition) is 1. The van der Waals surface area contributed by atoms with E-state index in [9.17, 15) is 4.79 Å². The molecule has 0 aromatic heterocycles. The molecule has 2 rings (SSSR count). The Morgan fingerprint density at radius 3 is 2.12 bits per heavy atom. The van der Waals surface area contributed by atoms with Crippen LogP contribution in [0.5, 0.6) is 11.5 Å². The zero-order chi connectivity index (χ0) is 19.2. The van der Waals surface area contributed by atoms with Crippen LogP contribution in [-0.4, -0.2) is 25.7 Å². The van der Waals surface area contributed by atoms with Gasteiger partial charge in [-0.2, -0.15) is 0 Å². The molecule has 0 aliphatic carbocycles. The van der Waals surface area contributed by atoms with Crippen LogP contribution in [0.2, 0.25) is 0 Å². The van der Waals surface area contributed by atoms with Gasteiger partial charge in [-0.05, 0) is 60.2 Å². The van der Waals surface area contributed by atoms with Crippen LogP contribution in [0.4, 0.5) is 0 Å². The first-order valence-corrected chi connectivity index (χ1v) is 8.95. The minimum Gasteiger partial charge on any atom is -0.492 e. The van der Waals surface area contributed by atoms with Crippen LogP contribution >= 0.6 is 0 Å². The van der Waals surface area contributed by atoms with E-state index < -0.39 is 0 Å². The maximum atomic E-state index is 11.9. The van der Waals surface area contributed by atoms with Gasteiger partial charge in [0.2, 0.25) is 0 Å². The van der Waals surface area contributed by atoms with Crippen molar-refractivity contribution in [3.05, 3.63) is 59.2 Å². The van der Waals surface area contributed by atoms with Crippen molar-refractivity contribution in [3.8, 4) is 11.5 Å². The zero-order valence-electron chi connectivity index (χ0n) is 16.4. The van der Waals surface area contributed by atoms with Crippen LogP contribution in [0.15, 0.2) is 42.5 Å². The number of ether oxygens (including phenoxy) is 2. The lowest BCUT2D eigenvalue weighted by atomic mass is 9.87. The minimum absolute atomic E-state index is 0.00157. The van der Waals surface area contributed by atoms with E-state index in [2.05, 4.69) is 32.2 Å². The highest BCUT2D eigenvalue weighted by molar-refractivity contribution is 5.77. The fourth-order valence-corrected chi connectivity index (χ4v) is 2.63. The highest BCUT2D eigenvalue weighted by Gasteiger charge is 2.13. The van der Waals surface area contributed by atoms with Crippen molar-refractivity contribution in [1.29, 1.82) is 0 Å². The predicted octanol–water partition coefficient (Wildman–Crippen LogP) is 4.17. The fourth-order valence-electron chi connectivity index (χ4n) is 2.63. The summed E-state index contributed by atoms with van der Waals surface area (Å²) in [5, 5.41) is 2.80. The lowest BCUT2D eigenvalue weighted by Gasteiger charge is -2.19. The maximum absolute atomic E-state index is 11.9. The summed E-state index contributed by atoms with van der Waals surface area (Å²) in [5.74, 6) is 1.36. The summed E-state index contributed by atoms with van der Waals surface area (Å²) in [5.41, 5.74) is 3.66. The SMILES string of the molecule is Cc1cc(C)cc(OCCNC(=O)COc2ccc(C(C)(C)C)cc2)c1. The molecule has 0 spiro atoms. The Morgan fingerprint density at radius 2 is 1.54 bits per heavy atom. The fraction of sp³-hybridized carbons (Fsp3) is 0.409. The quantitative estimate of drug-likeness (QED) is 0.758. The Morgan fingerprint density at radius 1 is 0.923 bits per heavy atom. The Hall–Kier alpha value is -2.49. The van der Waals surface area contributed by atoms with Gasteiger partial charge in [-0.25, -0.2) is 0 Å². The van der Waals surface area contributed by atoms with E-state index in [1.165, 1.54) is 5.56 Å². The van der Waals surface area contributed by atoms with Crippen LogP contribution in [0.25, 0.3) is 0 Å². The van der Waals surface area contributed by atoms with E-state index in [-0.39, 0.29) is 17.9 Å². The molecular weight excluding hydrogens is 326 g/mol. The molecule has 2 aromatic rings. The molecule has 0 saturated heterocycles. The van der Waals surface area contributed by atoms with Gasteiger partial charge in [0, 0.05) is 0 Å². The summed E-state index contributed by atoms with van der Waals surface area (Å²) in [4.78, 5) is 11.9. The average molecular weight is 355 g/mol. The van der Waals surface area contributed by atoms with Crippen LogP contribution in [0.1, 0.15) is 37.5 Å². The molecule has 0 heterocycles. The van der Waals surface area contributed by atoms with E-state index in [0.717, 1.165) is 16.9 Å². The molecule has 2 aromatic carbocycles. The van der Waals surface area contributed by atoms with Crippen molar-refractivity contribution in [2.24, 2.45) is 0 Å². The topological polar surface area (TPSA) is 47.6 Å². The molecule has 4 nitrogen and oxygen atoms in total.